The molecule has 4 heteroatoms. The van der Waals surface area contributed by atoms with Crippen molar-refractivity contribution in [2.24, 2.45) is 5.73 Å². The van der Waals surface area contributed by atoms with Crippen LogP contribution < -0.4 is 11.5 Å². The lowest BCUT2D eigenvalue weighted by atomic mass is 10.4. The van der Waals surface area contributed by atoms with Gasteiger partial charge in [-0.3, -0.25) is 0 Å². The molecule has 0 aliphatic rings. The molecule has 2 aromatic heterocycles. The number of hydrogen-bond donors (Lipinski definition) is 2. The number of hydrogen-bond acceptors (Lipinski definition) is 3. The number of imidazole rings is 1. The zero-order valence-corrected chi connectivity index (χ0v) is 6.57. The molecule has 0 atom stereocenters. The summed E-state index contributed by atoms with van der Waals surface area (Å²) < 4.78 is 1.87. The number of nitrogens with two attached hydrogens (primary N) is 2. The van der Waals surface area contributed by atoms with Gasteiger partial charge in [-0.05, 0) is 12.1 Å². The number of aromatic nitrogens is 2. The molecule has 4 nitrogen and oxygen atoms in total. The minimum absolute atomic E-state index is 0.446. The summed E-state index contributed by atoms with van der Waals surface area (Å²) in [4.78, 5) is 4.24. The van der Waals surface area contributed by atoms with Crippen LogP contribution in [0.3, 0.4) is 0 Å². The van der Waals surface area contributed by atoms with Crippen LogP contribution in [0, 0.1) is 0 Å². The van der Waals surface area contributed by atoms with Crippen LogP contribution in [0.1, 0.15) is 5.69 Å². The van der Waals surface area contributed by atoms with Crippen molar-refractivity contribution in [3.05, 3.63) is 30.2 Å². The van der Waals surface area contributed by atoms with Crippen molar-refractivity contribution in [1.82, 2.24) is 9.38 Å². The number of nitrogen functional groups attached to an aromatic ring is 1. The minimum atomic E-state index is 0.446. The monoisotopic (exact) mass is 162 g/mol. The van der Waals surface area contributed by atoms with Gasteiger partial charge in [0.25, 0.3) is 0 Å². The predicted molar refractivity (Wildman–Crippen MR) is 47.5 cm³/mol. The highest BCUT2D eigenvalue weighted by molar-refractivity contribution is 5.64. The van der Waals surface area contributed by atoms with Crippen molar-refractivity contribution in [3.63, 3.8) is 0 Å². The second-order valence-electron chi connectivity index (χ2n) is 2.63. The van der Waals surface area contributed by atoms with Crippen LogP contribution >= 0.6 is 0 Å². The molecule has 62 valence electrons. The summed E-state index contributed by atoms with van der Waals surface area (Å²) in [5.41, 5.74) is 13.5. The molecule has 0 fully saturated rings. The Labute approximate surface area is 69.8 Å². The summed E-state index contributed by atoms with van der Waals surface area (Å²) in [7, 11) is 0. The van der Waals surface area contributed by atoms with E-state index in [0.717, 1.165) is 11.3 Å². The van der Waals surface area contributed by atoms with Crippen molar-refractivity contribution in [1.29, 1.82) is 0 Å². The maximum absolute atomic E-state index is 5.70. The second kappa shape index (κ2) is 2.49. The highest BCUT2D eigenvalue weighted by atomic mass is 15.0. The van der Waals surface area contributed by atoms with E-state index in [4.69, 9.17) is 11.5 Å². The van der Waals surface area contributed by atoms with E-state index in [2.05, 4.69) is 4.98 Å². The van der Waals surface area contributed by atoms with Crippen molar-refractivity contribution < 1.29 is 0 Å². The van der Waals surface area contributed by atoms with Crippen molar-refractivity contribution in [3.8, 4) is 0 Å². The summed E-state index contributed by atoms with van der Waals surface area (Å²) >= 11 is 0. The van der Waals surface area contributed by atoms with Gasteiger partial charge in [-0.25, -0.2) is 4.98 Å². The maximum Gasteiger partial charge on any atom is 0.160 e. The van der Waals surface area contributed by atoms with Crippen molar-refractivity contribution in [2.45, 2.75) is 6.54 Å². The third kappa shape index (κ3) is 0.931. The van der Waals surface area contributed by atoms with Gasteiger partial charge < -0.3 is 15.9 Å². The van der Waals surface area contributed by atoms with Crippen LogP contribution in [0.15, 0.2) is 24.5 Å². The number of nitrogens with zero attached hydrogens (tertiary/aromatic N) is 2. The van der Waals surface area contributed by atoms with E-state index in [1.165, 1.54) is 0 Å². The summed E-state index contributed by atoms with van der Waals surface area (Å²) in [6.45, 7) is 0.446. The molecule has 0 spiro atoms. The molecule has 2 rings (SSSR count). The van der Waals surface area contributed by atoms with Crippen LogP contribution in [0.4, 0.5) is 5.69 Å². The van der Waals surface area contributed by atoms with Crippen molar-refractivity contribution in [2.75, 3.05) is 5.73 Å². The first-order valence-corrected chi connectivity index (χ1v) is 3.73. The highest BCUT2D eigenvalue weighted by Crippen LogP contribution is 2.11. The van der Waals surface area contributed by atoms with Gasteiger partial charge in [0.15, 0.2) is 5.65 Å². The Balaban J connectivity index is 2.74. The minimum Gasteiger partial charge on any atom is -0.396 e. The molecule has 4 N–H and O–H groups in total. The first kappa shape index (κ1) is 7.12. The fraction of sp³-hybridized carbons (Fsp3) is 0.125. The third-order valence-electron chi connectivity index (χ3n) is 1.77. The Hall–Kier alpha value is -1.55. The van der Waals surface area contributed by atoms with Gasteiger partial charge in [-0.2, -0.15) is 0 Å². The zero-order valence-electron chi connectivity index (χ0n) is 6.57. The fourth-order valence-corrected chi connectivity index (χ4v) is 1.18. The molecular formula is C8H10N4. The standard InChI is InChI=1S/C8H10N4/c9-4-6-5-12-3-1-2-7(10)8(12)11-6/h1-3,5H,4,9-10H2. The summed E-state index contributed by atoms with van der Waals surface area (Å²) in [5.74, 6) is 0. The molecule has 0 unspecified atom stereocenters. The Kier molecular flexibility index (Phi) is 1.48. The second-order valence-corrected chi connectivity index (χ2v) is 2.63. The number of fused-ring (bicyclic) bond motifs is 1. The summed E-state index contributed by atoms with van der Waals surface area (Å²) in [6, 6.07) is 3.70. The average Bonchev–Trinajstić information content (AvgIpc) is 2.49. The number of rotatable bonds is 1. The largest absolute Gasteiger partial charge is 0.396 e. The average molecular weight is 162 g/mol. The molecule has 0 aliphatic carbocycles. The molecule has 12 heavy (non-hydrogen) atoms. The molecular weight excluding hydrogens is 152 g/mol. The first-order chi connectivity index (χ1) is 5.81. The molecule has 0 saturated carbocycles. The quantitative estimate of drug-likeness (QED) is 0.636. The van der Waals surface area contributed by atoms with E-state index in [0.29, 0.717) is 12.2 Å². The molecule has 0 radical (unpaired) electrons. The van der Waals surface area contributed by atoms with E-state index in [1.54, 1.807) is 0 Å². The van der Waals surface area contributed by atoms with Gasteiger partial charge in [0.2, 0.25) is 0 Å². The molecule has 0 bridgehead atoms. The van der Waals surface area contributed by atoms with Crippen LogP contribution in [0.5, 0.6) is 0 Å². The van der Waals surface area contributed by atoms with Gasteiger partial charge in [0.05, 0.1) is 11.4 Å². The molecule has 2 heterocycles. The van der Waals surface area contributed by atoms with E-state index < -0.39 is 0 Å². The maximum atomic E-state index is 5.70. The van der Waals surface area contributed by atoms with E-state index in [-0.39, 0.29) is 0 Å². The molecule has 0 amide bonds. The topological polar surface area (TPSA) is 69.3 Å². The smallest absolute Gasteiger partial charge is 0.160 e. The predicted octanol–water partition coefficient (Wildman–Crippen LogP) is 0.375. The van der Waals surface area contributed by atoms with Crippen LogP contribution in [0.25, 0.3) is 5.65 Å². The molecule has 2 aromatic rings. The van der Waals surface area contributed by atoms with Gasteiger partial charge in [0, 0.05) is 18.9 Å². The van der Waals surface area contributed by atoms with Crippen LogP contribution in [-0.4, -0.2) is 9.38 Å². The van der Waals surface area contributed by atoms with Crippen LogP contribution in [0.2, 0.25) is 0 Å². The Bertz CT molecular complexity index is 404. The highest BCUT2D eigenvalue weighted by Gasteiger charge is 2.01. The Morgan fingerprint density at radius 1 is 1.50 bits per heavy atom. The molecule has 0 saturated heterocycles. The normalized spacial score (nSPS) is 10.8. The number of pyridine rings is 1. The molecule has 0 aromatic carbocycles. The van der Waals surface area contributed by atoms with Crippen LogP contribution in [-0.2, 0) is 6.54 Å². The van der Waals surface area contributed by atoms with Gasteiger partial charge in [0.1, 0.15) is 0 Å². The lowest BCUT2D eigenvalue weighted by molar-refractivity contribution is 1.02. The van der Waals surface area contributed by atoms with E-state index >= 15 is 0 Å². The summed E-state index contributed by atoms with van der Waals surface area (Å²) in [6.07, 6.45) is 3.78. The summed E-state index contributed by atoms with van der Waals surface area (Å²) in [5, 5.41) is 0. The lowest BCUT2D eigenvalue weighted by Crippen LogP contribution is -1.95. The van der Waals surface area contributed by atoms with Gasteiger partial charge in [-0.1, -0.05) is 0 Å². The Morgan fingerprint density at radius 2 is 2.33 bits per heavy atom. The van der Waals surface area contributed by atoms with E-state index in [1.807, 2.05) is 28.9 Å². The van der Waals surface area contributed by atoms with Crippen molar-refractivity contribution >= 4 is 11.3 Å². The number of anilines is 1. The SMILES string of the molecule is NCc1cn2cccc(N)c2n1. The van der Waals surface area contributed by atoms with Gasteiger partial charge >= 0.3 is 0 Å². The van der Waals surface area contributed by atoms with Gasteiger partial charge in [-0.15, -0.1) is 0 Å². The van der Waals surface area contributed by atoms with E-state index in [9.17, 15) is 0 Å². The zero-order chi connectivity index (χ0) is 8.55. The first-order valence-electron chi connectivity index (χ1n) is 3.73. The lowest BCUT2D eigenvalue weighted by Gasteiger charge is -1.94. The Morgan fingerprint density at radius 3 is 3.00 bits per heavy atom. The molecule has 0 aliphatic heterocycles. The fourth-order valence-electron chi connectivity index (χ4n) is 1.18. The third-order valence-corrected chi connectivity index (χ3v) is 1.77.